The van der Waals surface area contributed by atoms with Gasteiger partial charge in [-0.3, -0.25) is 4.79 Å². The van der Waals surface area contributed by atoms with Gasteiger partial charge in [-0.05, 0) is 12.1 Å². The molecule has 0 N–H and O–H groups in total. The molecule has 3 rings (SSSR count). The summed E-state index contributed by atoms with van der Waals surface area (Å²) in [7, 11) is 0. The Labute approximate surface area is 96.6 Å². The van der Waals surface area contributed by atoms with Gasteiger partial charge in [0.25, 0.3) is 0 Å². The molecule has 4 heteroatoms. The molecule has 17 heavy (non-hydrogen) atoms. The highest BCUT2D eigenvalue weighted by Gasteiger charge is 2.08. The van der Waals surface area contributed by atoms with E-state index in [9.17, 15) is 4.79 Å². The summed E-state index contributed by atoms with van der Waals surface area (Å²) in [5.41, 5.74) is 1.65. The number of hydrogen-bond acceptors (Lipinski definition) is 4. The van der Waals surface area contributed by atoms with Crippen molar-refractivity contribution in [2.75, 3.05) is 0 Å². The lowest BCUT2D eigenvalue weighted by molar-refractivity contribution is 0.604. The number of benzene rings is 1. The summed E-state index contributed by atoms with van der Waals surface area (Å²) in [6.07, 6.45) is 6.05. The summed E-state index contributed by atoms with van der Waals surface area (Å²) >= 11 is 0. The van der Waals surface area contributed by atoms with Crippen molar-refractivity contribution in [2.45, 2.75) is 0 Å². The van der Waals surface area contributed by atoms with Gasteiger partial charge in [-0.2, -0.15) is 0 Å². The summed E-state index contributed by atoms with van der Waals surface area (Å²) in [5, 5.41) is 0.564. The predicted molar refractivity (Wildman–Crippen MR) is 63.5 cm³/mol. The van der Waals surface area contributed by atoms with E-state index in [2.05, 4.69) is 9.97 Å². The first-order valence-electron chi connectivity index (χ1n) is 5.12. The van der Waals surface area contributed by atoms with Gasteiger partial charge in [0.1, 0.15) is 18.2 Å². The SMILES string of the molecule is O=c1c(-c2cncnc2)coc2ccccc12. The predicted octanol–water partition coefficient (Wildman–Crippen LogP) is 2.25. The second-order valence-corrected chi connectivity index (χ2v) is 3.60. The summed E-state index contributed by atoms with van der Waals surface area (Å²) < 4.78 is 5.42. The Kier molecular flexibility index (Phi) is 2.19. The first-order valence-corrected chi connectivity index (χ1v) is 5.12. The Morgan fingerprint density at radius 3 is 2.65 bits per heavy atom. The van der Waals surface area contributed by atoms with Crippen LogP contribution in [0.2, 0.25) is 0 Å². The Morgan fingerprint density at radius 1 is 1.06 bits per heavy atom. The Bertz CT molecular complexity index is 720. The molecule has 0 amide bonds. The second-order valence-electron chi connectivity index (χ2n) is 3.60. The van der Waals surface area contributed by atoms with Gasteiger partial charge in [0.15, 0.2) is 0 Å². The third-order valence-corrected chi connectivity index (χ3v) is 2.55. The minimum atomic E-state index is -0.0679. The normalized spacial score (nSPS) is 10.6. The van der Waals surface area contributed by atoms with E-state index in [-0.39, 0.29) is 5.43 Å². The highest BCUT2D eigenvalue weighted by molar-refractivity contribution is 5.80. The van der Waals surface area contributed by atoms with Gasteiger partial charge in [-0.25, -0.2) is 9.97 Å². The zero-order valence-corrected chi connectivity index (χ0v) is 8.83. The maximum absolute atomic E-state index is 12.2. The van der Waals surface area contributed by atoms with Crippen molar-refractivity contribution < 1.29 is 4.42 Å². The molecule has 0 bridgehead atoms. The van der Waals surface area contributed by atoms with E-state index in [4.69, 9.17) is 4.42 Å². The minimum Gasteiger partial charge on any atom is -0.463 e. The maximum atomic E-state index is 12.2. The van der Waals surface area contributed by atoms with Crippen LogP contribution in [0.1, 0.15) is 0 Å². The van der Waals surface area contributed by atoms with Crippen LogP contribution >= 0.6 is 0 Å². The van der Waals surface area contributed by atoms with Crippen molar-refractivity contribution in [3.63, 3.8) is 0 Å². The van der Waals surface area contributed by atoms with Gasteiger partial charge in [-0.1, -0.05) is 12.1 Å². The van der Waals surface area contributed by atoms with E-state index in [1.54, 1.807) is 24.5 Å². The van der Waals surface area contributed by atoms with Crippen LogP contribution in [0.4, 0.5) is 0 Å². The van der Waals surface area contributed by atoms with Crippen LogP contribution in [-0.4, -0.2) is 9.97 Å². The molecule has 0 aliphatic heterocycles. The first-order chi connectivity index (χ1) is 8.36. The van der Waals surface area contributed by atoms with E-state index >= 15 is 0 Å². The van der Waals surface area contributed by atoms with Crippen molar-refractivity contribution in [2.24, 2.45) is 0 Å². The van der Waals surface area contributed by atoms with E-state index in [1.807, 2.05) is 12.1 Å². The number of rotatable bonds is 1. The minimum absolute atomic E-state index is 0.0679. The lowest BCUT2D eigenvalue weighted by Crippen LogP contribution is -2.04. The fourth-order valence-corrected chi connectivity index (χ4v) is 1.72. The largest absolute Gasteiger partial charge is 0.463 e. The van der Waals surface area contributed by atoms with Gasteiger partial charge < -0.3 is 4.42 Å². The quantitative estimate of drug-likeness (QED) is 0.636. The standard InChI is InChI=1S/C13H8N2O2/c16-13-10-3-1-2-4-12(10)17-7-11(13)9-5-14-8-15-6-9/h1-8H. The lowest BCUT2D eigenvalue weighted by atomic mass is 10.1. The average molecular weight is 224 g/mol. The average Bonchev–Trinajstić information content (AvgIpc) is 2.40. The maximum Gasteiger partial charge on any atom is 0.200 e. The highest BCUT2D eigenvalue weighted by Crippen LogP contribution is 2.17. The zero-order chi connectivity index (χ0) is 11.7. The summed E-state index contributed by atoms with van der Waals surface area (Å²) in [6.45, 7) is 0. The topological polar surface area (TPSA) is 56.0 Å². The van der Waals surface area contributed by atoms with Crippen LogP contribution in [0.5, 0.6) is 0 Å². The zero-order valence-electron chi connectivity index (χ0n) is 8.83. The Hall–Kier alpha value is -2.49. The van der Waals surface area contributed by atoms with Gasteiger partial charge in [0.2, 0.25) is 5.43 Å². The Balaban J connectivity index is 2.33. The lowest BCUT2D eigenvalue weighted by Gasteiger charge is -2.00. The van der Waals surface area contributed by atoms with Gasteiger partial charge in [0.05, 0.1) is 10.9 Å². The number of para-hydroxylation sites is 1. The molecule has 1 aromatic carbocycles. The fourth-order valence-electron chi connectivity index (χ4n) is 1.72. The Morgan fingerprint density at radius 2 is 1.82 bits per heavy atom. The summed E-state index contributed by atoms with van der Waals surface area (Å²) in [6, 6.07) is 7.15. The van der Waals surface area contributed by atoms with E-state index in [0.29, 0.717) is 22.1 Å². The molecule has 4 nitrogen and oxygen atoms in total. The summed E-state index contributed by atoms with van der Waals surface area (Å²) in [4.78, 5) is 20.0. The van der Waals surface area contributed by atoms with E-state index < -0.39 is 0 Å². The molecule has 0 aliphatic rings. The van der Waals surface area contributed by atoms with Crippen molar-refractivity contribution in [3.8, 4) is 11.1 Å². The van der Waals surface area contributed by atoms with Crippen molar-refractivity contribution in [1.82, 2.24) is 9.97 Å². The number of fused-ring (bicyclic) bond motifs is 1. The van der Waals surface area contributed by atoms with Crippen LogP contribution in [-0.2, 0) is 0 Å². The molecule has 0 saturated heterocycles. The monoisotopic (exact) mass is 224 g/mol. The first kappa shape index (κ1) is 9.72. The smallest absolute Gasteiger partial charge is 0.200 e. The van der Waals surface area contributed by atoms with Gasteiger partial charge in [-0.15, -0.1) is 0 Å². The van der Waals surface area contributed by atoms with Crippen LogP contribution in [0.25, 0.3) is 22.1 Å². The van der Waals surface area contributed by atoms with Crippen LogP contribution in [0.3, 0.4) is 0 Å². The molecule has 2 aromatic heterocycles. The van der Waals surface area contributed by atoms with Crippen LogP contribution in [0, 0.1) is 0 Å². The molecule has 0 atom stereocenters. The molecular formula is C13H8N2O2. The molecule has 0 unspecified atom stereocenters. The third kappa shape index (κ3) is 1.59. The third-order valence-electron chi connectivity index (χ3n) is 2.55. The molecule has 82 valence electrons. The van der Waals surface area contributed by atoms with Crippen molar-refractivity contribution in [3.05, 3.63) is 59.5 Å². The summed E-state index contributed by atoms with van der Waals surface area (Å²) in [5.74, 6) is 0. The fraction of sp³-hybridized carbons (Fsp3) is 0. The molecule has 2 heterocycles. The molecule has 0 spiro atoms. The van der Waals surface area contributed by atoms with Gasteiger partial charge in [0, 0.05) is 18.0 Å². The molecule has 0 saturated carbocycles. The van der Waals surface area contributed by atoms with Crippen LogP contribution < -0.4 is 5.43 Å². The van der Waals surface area contributed by atoms with Gasteiger partial charge >= 0.3 is 0 Å². The molecule has 0 radical (unpaired) electrons. The molecule has 3 aromatic rings. The number of hydrogen-bond donors (Lipinski definition) is 0. The number of nitrogens with zero attached hydrogens (tertiary/aromatic N) is 2. The van der Waals surface area contributed by atoms with E-state index in [0.717, 1.165) is 0 Å². The van der Waals surface area contributed by atoms with E-state index in [1.165, 1.54) is 12.6 Å². The van der Waals surface area contributed by atoms with Crippen molar-refractivity contribution in [1.29, 1.82) is 0 Å². The second kappa shape index (κ2) is 3.83. The van der Waals surface area contributed by atoms with Crippen molar-refractivity contribution >= 4 is 11.0 Å². The molecule has 0 fully saturated rings. The number of aromatic nitrogens is 2. The molecule has 0 aliphatic carbocycles. The molecular weight excluding hydrogens is 216 g/mol. The highest BCUT2D eigenvalue weighted by atomic mass is 16.3. The van der Waals surface area contributed by atoms with Crippen LogP contribution in [0.15, 0.2) is 58.5 Å².